The molecule has 33 heavy (non-hydrogen) atoms. The van der Waals surface area contributed by atoms with Crippen molar-refractivity contribution in [3.05, 3.63) is 89.6 Å². The van der Waals surface area contributed by atoms with Crippen molar-refractivity contribution in [1.82, 2.24) is 4.98 Å². The van der Waals surface area contributed by atoms with Crippen molar-refractivity contribution >= 4 is 23.2 Å². The van der Waals surface area contributed by atoms with E-state index >= 15 is 0 Å². The lowest BCUT2D eigenvalue weighted by Crippen LogP contribution is -2.25. The van der Waals surface area contributed by atoms with Crippen molar-refractivity contribution in [2.24, 2.45) is 0 Å². The van der Waals surface area contributed by atoms with Gasteiger partial charge in [0.05, 0.1) is 11.8 Å². The normalized spacial score (nSPS) is 12.5. The topological polar surface area (TPSA) is 75.4 Å². The molecule has 0 saturated carbocycles. The van der Waals surface area contributed by atoms with Gasteiger partial charge in [-0.3, -0.25) is 9.59 Å². The predicted octanol–water partition coefficient (Wildman–Crippen LogP) is 5.48. The number of anilines is 2. The summed E-state index contributed by atoms with van der Waals surface area (Å²) in [6.45, 7) is 4.26. The van der Waals surface area contributed by atoms with Crippen LogP contribution in [0.4, 0.5) is 11.4 Å². The predicted molar refractivity (Wildman–Crippen MR) is 128 cm³/mol. The van der Waals surface area contributed by atoms with E-state index in [4.69, 9.17) is 4.42 Å². The van der Waals surface area contributed by atoms with Gasteiger partial charge in [0.2, 0.25) is 11.8 Å². The maximum absolute atomic E-state index is 13.2. The lowest BCUT2D eigenvalue weighted by molar-refractivity contribution is -0.116. The number of aromatic nitrogens is 1. The zero-order chi connectivity index (χ0) is 22.9. The Labute approximate surface area is 191 Å². The Kier molecular flexibility index (Phi) is 5.26. The molecule has 2 amide bonds. The first-order chi connectivity index (χ1) is 16.0. The van der Waals surface area contributed by atoms with Gasteiger partial charge in [0, 0.05) is 36.0 Å². The Morgan fingerprint density at radius 3 is 2.61 bits per heavy atom. The zero-order valence-corrected chi connectivity index (χ0v) is 18.5. The van der Waals surface area contributed by atoms with Crippen LogP contribution in [-0.2, 0) is 11.2 Å². The number of hydrogen-bond acceptors (Lipinski definition) is 4. The second kappa shape index (κ2) is 8.39. The van der Waals surface area contributed by atoms with E-state index in [0.717, 1.165) is 23.2 Å². The van der Waals surface area contributed by atoms with Crippen LogP contribution in [0.3, 0.4) is 0 Å². The second-order valence-corrected chi connectivity index (χ2v) is 8.16. The van der Waals surface area contributed by atoms with Gasteiger partial charge in [-0.2, -0.15) is 0 Å². The number of nitrogens with one attached hydrogen (secondary N) is 1. The van der Waals surface area contributed by atoms with E-state index < -0.39 is 0 Å². The van der Waals surface area contributed by atoms with Crippen LogP contribution in [0.2, 0.25) is 0 Å². The van der Waals surface area contributed by atoms with E-state index in [1.165, 1.54) is 5.56 Å². The highest BCUT2D eigenvalue weighted by molar-refractivity contribution is 6.08. The standard InChI is InChI=1S/C27H23N3O3/c1-17-7-9-19(10-8-17)25-16-28-27(33-25)23-6-4-3-5-22(23)26(32)29-21-11-12-24-20(15-21)13-14-30(24)18(2)31/h3-12,15-16H,13-14H2,1-2H3,(H,29,32). The van der Waals surface area contributed by atoms with Gasteiger partial charge in [0.15, 0.2) is 5.76 Å². The number of aryl methyl sites for hydroxylation is 1. The summed E-state index contributed by atoms with van der Waals surface area (Å²) in [5, 5.41) is 2.98. The molecule has 1 aliphatic rings. The zero-order valence-electron chi connectivity index (χ0n) is 18.5. The number of nitrogens with zero attached hydrogens (tertiary/aromatic N) is 2. The van der Waals surface area contributed by atoms with Crippen LogP contribution in [0.1, 0.15) is 28.4 Å². The number of oxazole rings is 1. The molecule has 0 unspecified atom stereocenters. The Balaban J connectivity index is 1.40. The molecule has 5 rings (SSSR count). The van der Waals surface area contributed by atoms with E-state index in [1.54, 1.807) is 24.1 Å². The van der Waals surface area contributed by atoms with Crippen molar-refractivity contribution < 1.29 is 14.0 Å². The van der Waals surface area contributed by atoms with E-state index in [-0.39, 0.29) is 11.8 Å². The molecule has 0 saturated heterocycles. The number of carbonyl (C=O) groups is 2. The van der Waals surface area contributed by atoms with Crippen molar-refractivity contribution in [1.29, 1.82) is 0 Å². The number of carbonyl (C=O) groups excluding carboxylic acids is 2. The molecule has 4 aromatic rings. The summed E-state index contributed by atoms with van der Waals surface area (Å²) in [6, 6.07) is 20.9. The molecule has 0 radical (unpaired) electrons. The van der Waals surface area contributed by atoms with E-state index in [1.807, 2.05) is 67.6 Å². The molecular formula is C27H23N3O3. The maximum atomic E-state index is 13.2. The average Bonchev–Trinajstić information content (AvgIpc) is 3.47. The van der Waals surface area contributed by atoms with Crippen molar-refractivity contribution in [3.63, 3.8) is 0 Å². The Morgan fingerprint density at radius 2 is 1.82 bits per heavy atom. The van der Waals surface area contributed by atoms with Gasteiger partial charge in [-0.05, 0) is 49.2 Å². The minimum Gasteiger partial charge on any atom is -0.436 e. The number of rotatable bonds is 4. The second-order valence-electron chi connectivity index (χ2n) is 8.16. The van der Waals surface area contributed by atoms with Gasteiger partial charge in [-0.1, -0.05) is 42.0 Å². The third-order valence-electron chi connectivity index (χ3n) is 5.86. The van der Waals surface area contributed by atoms with E-state index in [0.29, 0.717) is 35.0 Å². The largest absolute Gasteiger partial charge is 0.436 e. The molecule has 164 valence electrons. The summed E-state index contributed by atoms with van der Waals surface area (Å²) in [5.41, 5.74) is 5.83. The van der Waals surface area contributed by atoms with Crippen LogP contribution in [-0.4, -0.2) is 23.3 Å². The van der Waals surface area contributed by atoms with Crippen LogP contribution in [0.5, 0.6) is 0 Å². The molecule has 6 heteroatoms. The first kappa shape index (κ1) is 20.7. The average molecular weight is 437 g/mol. The fourth-order valence-electron chi connectivity index (χ4n) is 4.12. The lowest BCUT2D eigenvalue weighted by Gasteiger charge is -2.15. The number of amides is 2. The quantitative estimate of drug-likeness (QED) is 0.459. The SMILES string of the molecule is CC(=O)N1CCc2cc(NC(=O)c3ccccc3-c3ncc(-c4ccc(C)cc4)o3)ccc21. The molecule has 0 bridgehead atoms. The summed E-state index contributed by atoms with van der Waals surface area (Å²) >= 11 is 0. The van der Waals surface area contributed by atoms with Gasteiger partial charge in [-0.15, -0.1) is 0 Å². The molecule has 1 aromatic heterocycles. The third-order valence-corrected chi connectivity index (χ3v) is 5.86. The van der Waals surface area contributed by atoms with Crippen LogP contribution < -0.4 is 10.2 Å². The molecule has 1 N–H and O–H groups in total. The molecule has 1 aliphatic heterocycles. The maximum Gasteiger partial charge on any atom is 0.256 e. The summed E-state index contributed by atoms with van der Waals surface area (Å²) in [6.07, 6.45) is 2.45. The fraction of sp³-hybridized carbons (Fsp3) is 0.148. The van der Waals surface area contributed by atoms with Crippen molar-refractivity contribution in [3.8, 4) is 22.8 Å². The molecular weight excluding hydrogens is 414 g/mol. The minimum absolute atomic E-state index is 0.0235. The molecule has 2 heterocycles. The summed E-state index contributed by atoms with van der Waals surface area (Å²) in [5.74, 6) is 0.814. The number of hydrogen-bond donors (Lipinski definition) is 1. The summed E-state index contributed by atoms with van der Waals surface area (Å²) in [7, 11) is 0. The van der Waals surface area contributed by atoms with Crippen LogP contribution in [0.15, 0.2) is 77.3 Å². The molecule has 0 atom stereocenters. The van der Waals surface area contributed by atoms with Gasteiger partial charge >= 0.3 is 0 Å². The van der Waals surface area contributed by atoms with Crippen LogP contribution in [0.25, 0.3) is 22.8 Å². The summed E-state index contributed by atoms with van der Waals surface area (Å²) < 4.78 is 6.00. The van der Waals surface area contributed by atoms with E-state index in [9.17, 15) is 9.59 Å². The monoisotopic (exact) mass is 437 g/mol. The fourth-order valence-corrected chi connectivity index (χ4v) is 4.12. The highest BCUT2D eigenvalue weighted by Crippen LogP contribution is 2.32. The smallest absolute Gasteiger partial charge is 0.256 e. The molecule has 0 spiro atoms. The third kappa shape index (κ3) is 4.03. The number of benzene rings is 3. The van der Waals surface area contributed by atoms with Gasteiger partial charge in [-0.25, -0.2) is 4.98 Å². The first-order valence-corrected chi connectivity index (χ1v) is 10.8. The molecule has 6 nitrogen and oxygen atoms in total. The Hall–Kier alpha value is -4.19. The number of fused-ring (bicyclic) bond motifs is 1. The molecule has 0 fully saturated rings. The first-order valence-electron chi connectivity index (χ1n) is 10.8. The highest BCUT2D eigenvalue weighted by Gasteiger charge is 2.23. The van der Waals surface area contributed by atoms with Crippen molar-refractivity contribution in [2.45, 2.75) is 20.3 Å². The lowest BCUT2D eigenvalue weighted by atomic mass is 10.1. The molecule has 3 aromatic carbocycles. The van der Waals surface area contributed by atoms with Crippen LogP contribution in [0, 0.1) is 6.92 Å². The highest BCUT2D eigenvalue weighted by atomic mass is 16.4. The van der Waals surface area contributed by atoms with E-state index in [2.05, 4.69) is 10.3 Å². The summed E-state index contributed by atoms with van der Waals surface area (Å²) in [4.78, 5) is 31.1. The Morgan fingerprint density at radius 1 is 1.03 bits per heavy atom. The van der Waals surface area contributed by atoms with Gasteiger partial charge in [0.1, 0.15) is 0 Å². The minimum atomic E-state index is -0.248. The van der Waals surface area contributed by atoms with Crippen molar-refractivity contribution in [2.75, 3.05) is 16.8 Å². The molecule has 0 aliphatic carbocycles. The van der Waals surface area contributed by atoms with Gasteiger partial charge in [0.25, 0.3) is 5.91 Å². The van der Waals surface area contributed by atoms with Gasteiger partial charge < -0.3 is 14.6 Å². The Bertz CT molecular complexity index is 1360. The van der Waals surface area contributed by atoms with Crippen LogP contribution >= 0.6 is 0 Å².